The van der Waals surface area contributed by atoms with E-state index in [9.17, 15) is 4.79 Å². The van der Waals surface area contributed by atoms with Gasteiger partial charge in [0.05, 0.1) is 11.4 Å². The number of carbonyl (C=O) groups excluding carboxylic acids is 1. The molecular formula is C14H18N4O2S. The van der Waals surface area contributed by atoms with Gasteiger partial charge in [0.15, 0.2) is 4.96 Å². The first-order valence-electron chi connectivity index (χ1n) is 7.05. The molecule has 112 valence electrons. The van der Waals surface area contributed by atoms with Gasteiger partial charge in [-0.1, -0.05) is 19.0 Å². The quantitative estimate of drug-likeness (QED) is 0.916. The van der Waals surface area contributed by atoms with Crippen molar-refractivity contribution in [1.82, 2.24) is 14.7 Å². The van der Waals surface area contributed by atoms with Crippen LogP contribution in [0, 0.1) is 5.92 Å². The third-order valence-electron chi connectivity index (χ3n) is 3.47. The van der Waals surface area contributed by atoms with Crippen LogP contribution in [-0.2, 0) is 16.1 Å². The summed E-state index contributed by atoms with van der Waals surface area (Å²) in [5.41, 5.74) is 1.93. The van der Waals surface area contributed by atoms with Gasteiger partial charge in [0.1, 0.15) is 0 Å². The minimum absolute atomic E-state index is 0.101. The zero-order valence-corrected chi connectivity index (χ0v) is 12.9. The molecule has 1 aliphatic heterocycles. The number of rotatable bonds is 5. The molecule has 2 aromatic rings. The zero-order valence-electron chi connectivity index (χ0n) is 12.1. The van der Waals surface area contributed by atoms with E-state index < -0.39 is 6.10 Å². The SMILES string of the molecule is CC(C)C1=NO[C@@H](C(=O)NCCc2cn3ccsc3n2)C1. The van der Waals surface area contributed by atoms with Crippen molar-refractivity contribution in [2.24, 2.45) is 11.1 Å². The van der Waals surface area contributed by atoms with E-state index in [-0.39, 0.29) is 5.91 Å². The van der Waals surface area contributed by atoms with Gasteiger partial charge in [-0.3, -0.25) is 9.20 Å². The topological polar surface area (TPSA) is 68.0 Å². The van der Waals surface area contributed by atoms with Crippen molar-refractivity contribution in [3.63, 3.8) is 0 Å². The molecule has 1 atom stereocenters. The number of carbonyl (C=O) groups is 1. The summed E-state index contributed by atoms with van der Waals surface area (Å²) in [7, 11) is 0. The van der Waals surface area contributed by atoms with E-state index in [1.54, 1.807) is 11.3 Å². The highest BCUT2D eigenvalue weighted by Gasteiger charge is 2.28. The predicted molar refractivity (Wildman–Crippen MR) is 81.5 cm³/mol. The molecule has 7 heteroatoms. The highest BCUT2D eigenvalue weighted by molar-refractivity contribution is 7.15. The van der Waals surface area contributed by atoms with Crippen molar-refractivity contribution < 1.29 is 9.63 Å². The second kappa shape index (κ2) is 5.85. The summed E-state index contributed by atoms with van der Waals surface area (Å²) >= 11 is 1.60. The third-order valence-corrected chi connectivity index (χ3v) is 4.24. The Morgan fingerprint density at radius 2 is 2.48 bits per heavy atom. The number of thiazole rings is 1. The van der Waals surface area contributed by atoms with Crippen molar-refractivity contribution in [1.29, 1.82) is 0 Å². The summed E-state index contributed by atoms with van der Waals surface area (Å²) in [5, 5.41) is 8.85. The number of nitrogens with one attached hydrogen (secondary N) is 1. The minimum Gasteiger partial charge on any atom is -0.382 e. The van der Waals surface area contributed by atoms with E-state index in [2.05, 4.69) is 15.5 Å². The van der Waals surface area contributed by atoms with Crippen LogP contribution in [0.4, 0.5) is 0 Å². The number of amides is 1. The number of aromatic nitrogens is 2. The van der Waals surface area contributed by atoms with Gasteiger partial charge in [0.25, 0.3) is 5.91 Å². The summed E-state index contributed by atoms with van der Waals surface area (Å²) in [6.45, 7) is 4.65. The summed E-state index contributed by atoms with van der Waals surface area (Å²) < 4.78 is 1.99. The molecule has 0 fully saturated rings. The summed E-state index contributed by atoms with van der Waals surface area (Å²) in [6, 6.07) is 0. The Balaban J connectivity index is 1.45. The maximum Gasteiger partial charge on any atom is 0.264 e. The molecule has 1 N–H and O–H groups in total. The van der Waals surface area contributed by atoms with Gasteiger partial charge in [0, 0.05) is 37.2 Å². The van der Waals surface area contributed by atoms with Crippen LogP contribution >= 0.6 is 11.3 Å². The van der Waals surface area contributed by atoms with Crippen molar-refractivity contribution >= 4 is 27.9 Å². The number of fused-ring (bicyclic) bond motifs is 1. The van der Waals surface area contributed by atoms with Crippen LogP contribution in [0.25, 0.3) is 4.96 Å². The Morgan fingerprint density at radius 1 is 1.62 bits per heavy atom. The molecule has 3 rings (SSSR count). The molecule has 0 unspecified atom stereocenters. The lowest BCUT2D eigenvalue weighted by Gasteiger charge is -2.09. The Morgan fingerprint density at radius 3 is 3.19 bits per heavy atom. The number of nitrogens with zero attached hydrogens (tertiary/aromatic N) is 3. The largest absolute Gasteiger partial charge is 0.382 e. The molecule has 1 aliphatic rings. The van der Waals surface area contributed by atoms with Gasteiger partial charge in [-0.05, 0) is 5.92 Å². The Kier molecular flexibility index (Phi) is 3.92. The monoisotopic (exact) mass is 306 g/mol. The molecule has 0 saturated carbocycles. The minimum atomic E-state index is -0.479. The van der Waals surface area contributed by atoms with Gasteiger partial charge in [-0.25, -0.2) is 4.98 Å². The average Bonchev–Trinajstić information content (AvgIpc) is 3.13. The third kappa shape index (κ3) is 3.07. The van der Waals surface area contributed by atoms with Crippen LogP contribution in [0.1, 0.15) is 26.0 Å². The molecule has 0 bridgehead atoms. The van der Waals surface area contributed by atoms with E-state index in [1.165, 1.54) is 0 Å². The van der Waals surface area contributed by atoms with Gasteiger partial charge in [-0.2, -0.15) is 0 Å². The Bertz CT molecular complexity index is 645. The van der Waals surface area contributed by atoms with Crippen molar-refractivity contribution in [2.45, 2.75) is 32.8 Å². The second-order valence-electron chi connectivity index (χ2n) is 5.40. The summed E-state index contributed by atoms with van der Waals surface area (Å²) in [4.78, 5) is 22.6. The molecule has 0 aliphatic carbocycles. The number of hydrogen-bond acceptors (Lipinski definition) is 5. The van der Waals surface area contributed by atoms with Crippen molar-refractivity contribution in [3.8, 4) is 0 Å². The summed E-state index contributed by atoms with van der Waals surface area (Å²) in [6.07, 6.45) is 4.79. The highest BCUT2D eigenvalue weighted by Crippen LogP contribution is 2.16. The van der Waals surface area contributed by atoms with E-state index in [0.717, 1.165) is 16.4 Å². The van der Waals surface area contributed by atoms with Crippen LogP contribution < -0.4 is 5.32 Å². The van der Waals surface area contributed by atoms with E-state index >= 15 is 0 Å². The lowest BCUT2D eigenvalue weighted by molar-refractivity contribution is -0.131. The first-order valence-corrected chi connectivity index (χ1v) is 7.93. The normalized spacial score (nSPS) is 18.0. The average molecular weight is 306 g/mol. The molecule has 21 heavy (non-hydrogen) atoms. The first-order chi connectivity index (χ1) is 10.1. The van der Waals surface area contributed by atoms with Crippen LogP contribution in [0.2, 0.25) is 0 Å². The number of imidazole rings is 1. The second-order valence-corrected chi connectivity index (χ2v) is 6.27. The molecule has 1 amide bonds. The smallest absolute Gasteiger partial charge is 0.264 e. The lowest BCUT2D eigenvalue weighted by atomic mass is 10.0. The number of oxime groups is 1. The van der Waals surface area contributed by atoms with Crippen LogP contribution in [0.5, 0.6) is 0 Å². The predicted octanol–water partition coefficient (Wildman–Crippen LogP) is 1.86. The fourth-order valence-corrected chi connectivity index (χ4v) is 2.92. The van der Waals surface area contributed by atoms with Gasteiger partial charge >= 0.3 is 0 Å². The van der Waals surface area contributed by atoms with Crippen LogP contribution in [0.3, 0.4) is 0 Å². The number of hydrogen-bond donors (Lipinski definition) is 1. The molecule has 2 aromatic heterocycles. The summed E-state index contributed by atoms with van der Waals surface area (Å²) in [5.74, 6) is 0.219. The first kappa shape index (κ1) is 14.1. The fraction of sp³-hybridized carbons (Fsp3) is 0.500. The zero-order chi connectivity index (χ0) is 14.8. The van der Waals surface area contributed by atoms with Crippen LogP contribution in [-0.4, -0.2) is 33.7 Å². The molecular weight excluding hydrogens is 288 g/mol. The van der Waals surface area contributed by atoms with E-state index in [4.69, 9.17) is 4.84 Å². The molecule has 0 radical (unpaired) electrons. The molecule has 6 nitrogen and oxygen atoms in total. The standard InChI is InChI=1S/C14H18N4O2S/c1-9(2)11-7-12(20-17-11)13(19)15-4-3-10-8-18-5-6-21-14(18)16-10/h5-6,8-9,12H,3-4,7H2,1-2H3,(H,15,19)/t12-/m1/s1. The highest BCUT2D eigenvalue weighted by atomic mass is 32.1. The maximum atomic E-state index is 12.0. The maximum absolute atomic E-state index is 12.0. The molecule has 0 saturated heterocycles. The Labute approximate surface area is 126 Å². The fourth-order valence-electron chi connectivity index (χ4n) is 2.20. The van der Waals surface area contributed by atoms with E-state index in [1.807, 2.05) is 36.0 Å². The molecule has 0 spiro atoms. The molecule has 3 heterocycles. The van der Waals surface area contributed by atoms with Crippen molar-refractivity contribution in [2.75, 3.05) is 6.54 Å². The van der Waals surface area contributed by atoms with E-state index in [0.29, 0.717) is 25.3 Å². The lowest BCUT2D eigenvalue weighted by Crippen LogP contribution is -2.36. The van der Waals surface area contributed by atoms with Gasteiger partial charge in [0.2, 0.25) is 6.10 Å². The Hall–Kier alpha value is -1.89. The van der Waals surface area contributed by atoms with Crippen LogP contribution in [0.15, 0.2) is 22.9 Å². The van der Waals surface area contributed by atoms with Crippen molar-refractivity contribution in [3.05, 3.63) is 23.5 Å². The van der Waals surface area contributed by atoms with Gasteiger partial charge < -0.3 is 10.2 Å². The van der Waals surface area contributed by atoms with Gasteiger partial charge in [-0.15, -0.1) is 11.3 Å². The molecule has 0 aromatic carbocycles.